The number of ketones is 1. The largest absolute Gasteiger partial charge is 0.481 e. The molecule has 1 aliphatic rings. The SMILES string of the molecule is Cc1c(F)cccc1C1(C(=O)O)CCC(=O)C1. The van der Waals surface area contributed by atoms with E-state index in [9.17, 15) is 19.1 Å². The van der Waals surface area contributed by atoms with E-state index in [2.05, 4.69) is 0 Å². The summed E-state index contributed by atoms with van der Waals surface area (Å²) in [5.41, 5.74) is -0.482. The van der Waals surface area contributed by atoms with Crippen LogP contribution < -0.4 is 0 Å². The minimum Gasteiger partial charge on any atom is -0.481 e. The molecular formula is C13H13FO3. The Labute approximate surface area is 98.3 Å². The van der Waals surface area contributed by atoms with Crippen molar-refractivity contribution in [3.8, 4) is 0 Å². The summed E-state index contributed by atoms with van der Waals surface area (Å²) in [7, 11) is 0. The zero-order valence-electron chi connectivity index (χ0n) is 9.50. The Morgan fingerprint density at radius 3 is 2.71 bits per heavy atom. The second kappa shape index (κ2) is 3.95. The molecule has 1 N–H and O–H groups in total. The van der Waals surface area contributed by atoms with Gasteiger partial charge in [0.25, 0.3) is 0 Å². The minimum absolute atomic E-state index is 0.0351. The van der Waals surface area contributed by atoms with Crippen molar-refractivity contribution in [2.45, 2.75) is 31.6 Å². The van der Waals surface area contributed by atoms with Gasteiger partial charge in [-0.3, -0.25) is 9.59 Å². The molecule has 0 heterocycles. The Balaban J connectivity index is 2.58. The van der Waals surface area contributed by atoms with Gasteiger partial charge < -0.3 is 5.11 Å². The number of carbonyl (C=O) groups is 2. The van der Waals surface area contributed by atoms with Gasteiger partial charge in [-0.2, -0.15) is 0 Å². The van der Waals surface area contributed by atoms with E-state index in [1.165, 1.54) is 12.1 Å². The van der Waals surface area contributed by atoms with Crippen LogP contribution >= 0.6 is 0 Å². The number of hydrogen-bond donors (Lipinski definition) is 1. The van der Waals surface area contributed by atoms with Gasteiger partial charge in [0.1, 0.15) is 17.0 Å². The van der Waals surface area contributed by atoms with Gasteiger partial charge in [-0.05, 0) is 30.5 Å². The third-order valence-corrected chi connectivity index (χ3v) is 3.52. The van der Waals surface area contributed by atoms with Crippen LogP contribution in [-0.4, -0.2) is 16.9 Å². The Hall–Kier alpha value is -1.71. The van der Waals surface area contributed by atoms with Crippen LogP contribution in [0.5, 0.6) is 0 Å². The molecule has 17 heavy (non-hydrogen) atoms. The van der Waals surface area contributed by atoms with Crippen LogP contribution in [0, 0.1) is 12.7 Å². The first-order valence-electron chi connectivity index (χ1n) is 5.48. The first-order chi connectivity index (χ1) is 7.97. The van der Waals surface area contributed by atoms with Gasteiger partial charge in [0.2, 0.25) is 0 Å². The van der Waals surface area contributed by atoms with Crippen molar-refractivity contribution in [2.24, 2.45) is 0 Å². The highest BCUT2D eigenvalue weighted by Crippen LogP contribution is 2.41. The predicted molar refractivity (Wildman–Crippen MR) is 59.3 cm³/mol. The number of carbonyl (C=O) groups excluding carboxylic acids is 1. The average Bonchev–Trinajstić information content (AvgIpc) is 2.66. The fourth-order valence-electron chi connectivity index (χ4n) is 2.52. The van der Waals surface area contributed by atoms with Gasteiger partial charge in [0, 0.05) is 12.8 Å². The monoisotopic (exact) mass is 236 g/mol. The van der Waals surface area contributed by atoms with Crippen LogP contribution in [-0.2, 0) is 15.0 Å². The van der Waals surface area contributed by atoms with E-state index in [4.69, 9.17) is 0 Å². The third kappa shape index (κ3) is 1.73. The van der Waals surface area contributed by atoms with Crippen molar-refractivity contribution in [3.63, 3.8) is 0 Å². The smallest absolute Gasteiger partial charge is 0.314 e. The third-order valence-electron chi connectivity index (χ3n) is 3.52. The first-order valence-corrected chi connectivity index (χ1v) is 5.48. The summed E-state index contributed by atoms with van der Waals surface area (Å²) in [4.78, 5) is 22.8. The van der Waals surface area contributed by atoms with Gasteiger partial charge in [0.15, 0.2) is 0 Å². The molecule has 0 spiro atoms. The lowest BCUT2D eigenvalue weighted by Gasteiger charge is -2.25. The summed E-state index contributed by atoms with van der Waals surface area (Å²) in [5, 5.41) is 9.38. The lowest BCUT2D eigenvalue weighted by molar-refractivity contribution is -0.144. The van der Waals surface area contributed by atoms with E-state index < -0.39 is 17.2 Å². The van der Waals surface area contributed by atoms with Crippen LogP contribution in [0.25, 0.3) is 0 Å². The zero-order valence-corrected chi connectivity index (χ0v) is 9.50. The number of carboxylic acids is 1. The van der Waals surface area contributed by atoms with Crippen molar-refractivity contribution in [3.05, 3.63) is 35.1 Å². The lowest BCUT2D eigenvalue weighted by Crippen LogP contribution is -2.34. The Morgan fingerprint density at radius 2 is 2.18 bits per heavy atom. The second-order valence-corrected chi connectivity index (χ2v) is 4.52. The van der Waals surface area contributed by atoms with Gasteiger partial charge in [0.05, 0.1) is 0 Å². The second-order valence-electron chi connectivity index (χ2n) is 4.52. The minimum atomic E-state index is -1.23. The number of aliphatic carboxylic acids is 1. The zero-order chi connectivity index (χ0) is 12.6. The lowest BCUT2D eigenvalue weighted by atomic mass is 9.77. The average molecular weight is 236 g/mol. The molecule has 0 bridgehead atoms. The molecule has 0 aromatic heterocycles. The van der Waals surface area contributed by atoms with Crippen LogP contribution in [0.15, 0.2) is 18.2 Å². The summed E-state index contributed by atoms with van der Waals surface area (Å²) >= 11 is 0. The number of rotatable bonds is 2. The maximum Gasteiger partial charge on any atom is 0.314 e. The number of benzene rings is 1. The quantitative estimate of drug-likeness (QED) is 0.856. The highest BCUT2D eigenvalue weighted by molar-refractivity contribution is 5.94. The van der Waals surface area contributed by atoms with Gasteiger partial charge in [-0.25, -0.2) is 4.39 Å². The molecule has 3 nitrogen and oxygen atoms in total. The molecular weight excluding hydrogens is 223 g/mol. The van der Waals surface area contributed by atoms with Crippen LogP contribution in [0.4, 0.5) is 4.39 Å². The number of Topliss-reactive ketones (excluding diaryl/α,β-unsaturated/α-hetero) is 1. The number of carboxylic acid groups (broad SMARTS) is 1. The van der Waals surface area contributed by atoms with E-state index >= 15 is 0 Å². The van der Waals surface area contributed by atoms with E-state index in [1.54, 1.807) is 13.0 Å². The Morgan fingerprint density at radius 1 is 1.47 bits per heavy atom. The molecule has 1 atom stereocenters. The summed E-state index contributed by atoms with van der Waals surface area (Å²) in [6.45, 7) is 1.55. The van der Waals surface area contributed by atoms with Crippen LogP contribution in [0.3, 0.4) is 0 Å². The highest BCUT2D eigenvalue weighted by Gasteiger charge is 2.47. The van der Waals surface area contributed by atoms with Crippen molar-refractivity contribution in [1.82, 2.24) is 0 Å². The fourth-order valence-corrected chi connectivity index (χ4v) is 2.52. The molecule has 0 amide bonds. The molecule has 0 aliphatic heterocycles. The maximum atomic E-state index is 13.5. The van der Waals surface area contributed by atoms with Gasteiger partial charge in [-0.1, -0.05) is 12.1 Å². The van der Waals surface area contributed by atoms with Crippen molar-refractivity contribution in [2.75, 3.05) is 0 Å². The van der Waals surface area contributed by atoms with Crippen LogP contribution in [0.1, 0.15) is 30.4 Å². The van der Waals surface area contributed by atoms with E-state index in [0.29, 0.717) is 11.1 Å². The standard InChI is InChI=1S/C13H13FO3/c1-8-10(3-2-4-11(8)14)13(12(16)17)6-5-9(15)7-13/h2-4H,5-7H2,1H3,(H,16,17). The summed E-state index contributed by atoms with van der Waals surface area (Å²) < 4.78 is 13.5. The molecule has 90 valence electrons. The summed E-state index contributed by atoms with van der Waals surface area (Å²) in [5.74, 6) is -1.55. The number of hydrogen-bond acceptors (Lipinski definition) is 2. The van der Waals surface area contributed by atoms with Crippen molar-refractivity contribution >= 4 is 11.8 Å². The van der Waals surface area contributed by atoms with E-state index in [-0.39, 0.29) is 25.0 Å². The molecule has 1 saturated carbocycles. The molecule has 0 radical (unpaired) electrons. The predicted octanol–water partition coefficient (Wildman–Crippen LogP) is 2.21. The molecule has 1 fully saturated rings. The van der Waals surface area contributed by atoms with Gasteiger partial charge >= 0.3 is 5.97 Å². The van der Waals surface area contributed by atoms with Crippen LogP contribution in [0.2, 0.25) is 0 Å². The maximum absolute atomic E-state index is 13.5. The van der Waals surface area contributed by atoms with Crippen molar-refractivity contribution < 1.29 is 19.1 Å². The molecule has 2 rings (SSSR count). The molecule has 1 unspecified atom stereocenters. The van der Waals surface area contributed by atoms with Gasteiger partial charge in [-0.15, -0.1) is 0 Å². The Bertz CT molecular complexity index is 495. The van der Waals surface area contributed by atoms with E-state index in [0.717, 1.165) is 0 Å². The normalized spacial score (nSPS) is 24.0. The van der Waals surface area contributed by atoms with E-state index in [1.807, 2.05) is 0 Å². The molecule has 1 aliphatic carbocycles. The topological polar surface area (TPSA) is 54.4 Å². The molecule has 1 aromatic carbocycles. The summed E-state index contributed by atoms with van der Waals surface area (Å²) in [6.07, 6.45) is 0.473. The Kier molecular flexibility index (Phi) is 2.73. The summed E-state index contributed by atoms with van der Waals surface area (Å²) in [6, 6.07) is 4.39. The van der Waals surface area contributed by atoms with Crippen molar-refractivity contribution in [1.29, 1.82) is 0 Å². The first kappa shape index (κ1) is 11.8. The molecule has 4 heteroatoms. The number of halogens is 1. The molecule has 1 aromatic rings. The highest BCUT2D eigenvalue weighted by atomic mass is 19.1. The fraction of sp³-hybridized carbons (Fsp3) is 0.385. The molecule has 0 saturated heterocycles.